The maximum Gasteiger partial charge on any atom is 0.271 e. The van der Waals surface area contributed by atoms with Crippen LogP contribution in [0.25, 0.3) is 11.3 Å². The first-order valence-electron chi connectivity index (χ1n) is 9.07. The SMILES string of the molecule is O=C(Nn1nnc(-c2ccccc2)c1CNc1ccccc1Cl)c1ccccc1. The van der Waals surface area contributed by atoms with Crippen molar-refractivity contribution in [2.24, 2.45) is 0 Å². The second kappa shape index (κ2) is 8.58. The van der Waals surface area contributed by atoms with E-state index in [0.29, 0.717) is 28.5 Å². The number of nitrogens with one attached hydrogen (secondary N) is 2. The molecule has 0 saturated heterocycles. The van der Waals surface area contributed by atoms with Crippen LogP contribution in [0, 0.1) is 0 Å². The van der Waals surface area contributed by atoms with Gasteiger partial charge in [-0.15, -0.1) is 5.10 Å². The van der Waals surface area contributed by atoms with Gasteiger partial charge in [-0.3, -0.25) is 4.79 Å². The van der Waals surface area contributed by atoms with Gasteiger partial charge in [0, 0.05) is 11.1 Å². The third kappa shape index (κ3) is 4.28. The van der Waals surface area contributed by atoms with Gasteiger partial charge in [-0.05, 0) is 29.5 Å². The summed E-state index contributed by atoms with van der Waals surface area (Å²) >= 11 is 6.26. The van der Waals surface area contributed by atoms with Crippen LogP contribution in [0.15, 0.2) is 84.9 Å². The minimum atomic E-state index is -0.269. The fourth-order valence-corrected chi connectivity index (χ4v) is 3.11. The number of amides is 1. The highest BCUT2D eigenvalue weighted by atomic mass is 35.5. The van der Waals surface area contributed by atoms with Crippen LogP contribution in [0.5, 0.6) is 0 Å². The zero-order chi connectivity index (χ0) is 20.1. The maximum atomic E-state index is 12.6. The quantitative estimate of drug-likeness (QED) is 0.493. The van der Waals surface area contributed by atoms with Crippen LogP contribution in [0.1, 0.15) is 16.1 Å². The number of halogens is 1. The van der Waals surface area contributed by atoms with E-state index >= 15 is 0 Å². The zero-order valence-corrected chi connectivity index (χ0v) is 16.2. The molecule has 0 saturated carbocycles. The molecule has 0 spiro atoms. The second-order valence-corrected chi connectivity index (χ2v) is 6.71. The molecule has 0 unspecified atom stereocenters. The Balaban J connectivity index is 1.65. The predicted octanol–water partition coefficient (Wildman–Crippen LogP) is 4.59. The summed E-state index contributed by atoms with van der Waals surface area (Å²) in [5.41, 5.74) is 6.42. The topological polar surface area (TPSA) is 71.8 Å². The van der Waals surface area contributed by atoms with E-state index in [1.54, 1.807) is 12.1 Å². The van der Waals surface area contributed by atoms with Gasteiger partial charge in [-0.25, -0.2) is 5.43 Å². The highest BCUT2D eigenvalue weighted by Gasteiger charge is 2.17. The summed E-state index contributed by atoms with van der Waals surface area (Å²) in [6.07, 6.45) is 0. The van der Waals surface area contributed by atoms with Crippen LogP contribution in [0.3, 0.4) is 0 Å². The summed E-state index contributed by atoms with van der Waals surface area (Å²) in [5.74, 6) is -0.269. The highest BCUT2D eigenvalue weighted by Crippen LogP contribution is 2.24. The van der Waals surface area contributed by atoms with Gasteiger partial charge in [0.05, 0.1) is 17.3 Å². The average Bonchev–Trinajstić information content (AvgIpc) is 3.16. The minimum absolute atomic E-state index is 0.269. The number of aromatic nitrogens is 3. The highest BCUT2D eigenvalue weighted by molar-refractivity contribution is 6.33. The van der Waals surface area contributed by atoms with Gasteiger partial charge in [-0.1, -0.05) is 72.3 Å². The van der Waals surface area contributed by atoms with Crippen molar-refractivity contribution in [1.82, 2.24) is 15.1 Å². The molecule has 6 nitrogen and oxygen atoms in total. The van der Waals surface area contributed by atoms with Gasteiger partial charge in [0.1, 0.15) is 11.4 Å². The molecule has 29 heavy (non-hydrogen) atoms. The standard InChI is InChI=1S/C22H18ClN5O/c23-18-13-7-8-14-19(18)24-15-20-21(16-9-3-1-4-10-16)25-27-28(20)26-22(29)17-11-5-2-6-12-17/h1-14,24H,15H2,(H,26,29). The molecule has 0 atom stereocenters. The molecule has 4 rings (SSSR count). The molecule has 0 aliphatic heterocycles. The molecular formula is C22H18ClN5O. The fraction of sp³-hybridized carbons (Fsp3) is 0.0455. The number of anilines is 1. The van der Waals surface area contributed by atoms with Crippen LogP contribution in [0.4, 0.5) is 5.69 Å². The summed E-state index contributed by atoms with van der Waals surface area (Å²) in [7, 11) is 0. The van der Waals surface area contributed by atoms with Crippen molar-refractivity contribution in [3.63, 3.8) is 0 Å². The molecule has 2 N–H and O–H groups in total. The van der Waals surface area contributed by atoms with Crippen molar-refractivity contribution < 1.29 is 4.79 Å². The van der Waals surface area contributed by atoms with Crippen molar-refractivity contribution in [2.75, 3.05) is 10.7 Å². The predicted molar refractivity (Wildman–Crippen MR) is 114 cm³/mol. The van der Waals surface area contributed by atoms with Crippen molar-refractivity contribution in [2.45, 2.75) is 6.54 Å². The van der Waals surface area contributed by atoms with E-state index < -0.39 is 0 Å². The average molecular weight is 404 g/mol. The lowest BCUT2D eigenvalue weighted by atomic mass is 10.1. The van der Waals surface area contributed by atoms with Crippen LogP contribution >= 0.6 is 11.6 Å². The molecule has 3 aromatic carbocycles. The first-order chi connectivity index (χ1) is 14.2. The zero-order valence-electron chi connectivity index (χ0n) is 15.4. The fourth-order valence-electron chi connectivity index (χ4n) is 2.90. The molecule has 0 bridgehead atoms. The molecule has 7 heteroatoms. The van der Waals surface area contributed by atoms with Gasteiger partial charge in [0.2, 0.25) is 0 Å². The molecule has 0 fully saturated rings. The Morgan fingerprint density at radius 1 is 0.897 bits per heavy atom. The second-order valence-electron chi connectivity index (χ2n) is 6.30. The normalized spacial score (nSPS) is 10.5. The Morgan fingerprint density at radius 3 is 2.28 bits per heavy atom. The summed E-state index contributed by atoms with van der Waals surface area (Å²) in [5, 5.41) is 12.4. The van der Waals surface area contributed by atoms with E-state index in [9.17, 15) is 4.79 Å². The summed E-state index contributed by atoms with van der Waals surface area (Å²) in [4.78, 5) is 14.0. The lowest BCUT2D eigenvalue weighted by Gasteiger charge is -2.12. The van der Waals surface area contributed by atoms with E-state index in [4.69, 9.17) is 11.6 Å². The molecule has 144 valence electrons. The Bertz CT molecular complexity index is 1110. The van der Waals surface area contributed by atoms with Crippen molar-refractivity contribution >= 4 is 23.2 Å². The summed E-state index contributed by atoms with van der Waals surface area (Å²) in [6.45, 7) is 0.371. The van der Waals surface area contributed by atoms with Crippen molar-refractivity contribution in [3.05, 3.63) is 101 Å². The molecule has 4 aromatic rings. The maximum absolute atomic E-state index is 12.6. The van der Waals surface area contributed by atoms with E-state index in [0.717, 1.165) is 11.3 Å². The number of benzene rings is 3. The summed E-state index contributed by atoms with van der Waals surface area (Å²) in [6, 6.07) is 26.1. The monoisotopic (exact) mass is 403 g/mol. The third-order valence-corrected chi connectivity index (χ3v) is 4.70. The Kier molecular flexibility index (Phi) is 5.54. The van der Waals surface area contributed by atoms with Gasteiger partial charge < -0.3 is 5.32 Å². The van der Waals surface area contributed by atoms with Crippen LogP contribution < -0.4 is 10.7 Å². The van der Waals surface area contributed by atoms with Crippen molar-refractivity contribution in [1.29, 1.82) is 0 Å². The van der Waals surface area contributed by atoms with Gasteiger partial charge in [0.25, 0.3) is 5.91 Å². The van der Waals surface area contributed by atoms with Crippen LogP contribution in [-0.4, -0.2) is 21.0 Å². The van der Waals surface area contributed by atoms with E-state index in [1.807, 2.05) is 72.8 Å². The molecule has 0 radical (unpaired) electrons. The first kappa shape index (κ1) is 18.7. The Hall–Kier alpha value is -3.64. The molecule has 1 aromatic heterocycles. The minimum Gasteiger partial charge on any atom is -0.378 e. The largest absolute Gasteiger partial charge is 0.378 e. The smallest absolute Gasteiger partial charge is 0.271 e. The Labute approximate surface area is 173 Å². The molecule has 1 amide bonds. The van der Waals surface area contributed by atoms with E-state index in [-0.39, 0.29) is 5.91 Å². The molecule has 0 aliphatic rings. The Morgan fingerprint density at radius 2 is 1.55 bits per heavy atom. The van der Waals surface area contributed by atoms with Crippen LogP contribution in [-0.2, 0) is 6.54 Å². The molecular weight excluding hydrogens is 386 g/mol. The van der Waals surface area contributed by atoms with Gasteiger partial charge >= 0.3 is 0 Å². The van der Waals surface area contributed by atoms with Crippen molar-refractivity contribution in [3.8, 4) is 11.3 Å². The number of hydrogen-bond acceptors (Lipinski definition) is 4. The number of hydrogen-bond donors (Lipinski definition) is 2. The van der Waals surface area contributed by atoms with Gasteiger partial charge in [-0.2, -0.15) is 4.79 Å². The lowest BCUT2D eigenvalue weighted by Crippen LogP contribution is -2.26. The third-order valence-electron chi connectivity index (χ3n) is 4.37. The van der Waals surface area contributed by atoms with E-state index in [2.05, 4.69) is 21.1 Å². The number of nitrogens with zero attached hydrogens (tertiary/aromatic N) is 3. The van der Waals surface area contributed by atoms with Gasteiger partial charge in [0.15, 0.2) is 0 Å². The lowest BCUT2D eigenvalue weighted by molar-refractivity contribution is 0.100. The number of rotatable bonds is 6. The molecule has 1 heterocycles. The number of carbonyl (C=O) groups excluding carboxylic acids is 1. The first-order valence-corrected chi connectivity index (χ1v) is 9.45. The van der Waals surface area contributed by atoms with E-state index in [1.165, 1.54) is 4.79 Å². The molecule has 0 aliphatic carbocycles. The van der Waals surface area contributed by atoms with Crippen LogP contribution in [0.2, 0.25) is 5.02 Å². The summed E-state index contributed by atoms with van der Waals surface area (Å²) < 4.78 is 0. The number of carbonyl (C=O) groups is 1. The number of para-hydroxylation sites is 1.